The van der Waals surface area contributed by atoms with Crippen molar-refractivity contribution in [2.24, 2.45) is 11.7 Å². The Morgan fingerprint density at radius 2 is 1.81 bits per heavy atom. The largest absolute Gasteiger partial charge is 0.341 e. The number of amides is 2. The van der Waals surface area contributed by atoms with E-state index in [1.54, 1.807) is 0 Å². The minimum Gasteiger partial charge on any atom is -0.341 e. The lowest BCUT2D eigenvalue weighted by Gasteiger charge is -2.41. The molecular weight excluding hydrogens is 350 g/mol. The molecule has 2 unspecified atom stereocenters. The van der Waals surface area contributed by atoms with Crippen LogP contribution in [0, 0.1) is 5.92 Å². The molecule has 3 rings (SSSR count). The van der Waals surface area contributed by atoms with Crippen LogP contribution in [0.2, 0.25) is 0 Å². The van der Waals surface area contributed by atoms with E-state index in [2.05, 4.69) is 12.1 Å². The number of hydrogen-bond donors (Lipinski definition) is 1. The van der Waals surface area contributed by atoms with Crippen LogP contribution in [0.4, 0.5) is 0 Å². The molecule has 2 aliphatic heterocycles. The Balaban J connectivity index is 0.00000243. The molecule has 1 saturated heterocycles. The predicted octanol–water partition coefficient (Wildman–Crippen LogP) is 2.36. The molecule has 1 aromatic carbocycles. The molecule has 144 valence electrons. The van der Waals surface area contributed by atoms with E-state index in [9.17, 15) is 9.59 Å². The molecule has 0 radical (unpaired) electrons. The van der Waals surface area contributed by atoms with Gasteiger partial charge in [0.1, 0.15) is 6.04 Å². The topological polar surface area (TPSA) is 66.6 Å². The van der Waals surface area contributed by atoms with E-state index in [1.165, 1.54) is 5.56 Å². The summed E-state index contributed by atoms with van der Waals surface area (Å²) in [4.78, 5) is 29.8. The van der Waals surface area contributed by atoms with Gasteiger partial charge in [-0.1, -0.05) is 38.1 Å². The van der Waals surface area contributed by atoms with Crippen LogP contribution in [0.25, 0.3) is 0 Å². The fourth-order valence-corrected chi connectivity index (χ4v) is 3.76. The maximum Gasteiger partial charge on any atom is 0.245 e. The van der Waals surface area contributed by atoms with E-state index in [0.29, 0.717) is 26.1 Å². The fourth-order valence-electron chi connectivity index (χ4n) is 3.76. The number of piperidine rings is 1. The molecule has 5 nitrogen and oxygen atoms in total. The Bertz CT molecular complexity index is 644. The van der Waals surface area contributed by atoms with Gasteiger partial charge in [-0.15, -0.1) is 12.4 Å². The lowest BCUT2D eigenvalue weighted by atomic mass is 9.91. The van der Waals surface area contributed by atoms with Gasteiger partial charge in [0.2, 0.25) is 11.8 Å². The molecule has 1 fully saturated rings. The van der Waals surface area contributed by atoms with Crippen LogP contribution in [-0.4, -0.2) is 46.8 Å². The maximum atomic E-state index is 13.2. The summed E-state index contributed by atoms with van der Waals surface area (Å²) >= 11 is 0. The first-order valence-electron chi connectivity index (χ1n) is 9.42. The van der Waals surface area contributed by atoms with Gasteiger partial charge in [-0.05, 0) is 30.4 Å². The molecule has 2 amide bonds. The first-order chi connectivity index (χ1) is 12.0. The summed E-state index contributed by atoms with van der Waals surface area (Å²) < 4.78 is 0. The number of benzene rings is 1. The van der Waals surface area contributed by atoms with E-state index < -0.39 is 0 Å². The van der Waals surface area contributed by atoms with Crippen molar-refractivity contribution in [2.75, 3.05) is 13.1 Å². The summed E-state index contributed by atoms with van der Waals surface area (Å²) in [6.45, 7) is 5.89. The maximum absolute atomic E-state index is 13.2. The molecule has 0 aromatic heterocycles. The standard InChI is InChI=1S/C20H29N3O2.ClH/c1-3-14(2)19(24)23-13-16-7-5-4-6-15(16)12-18(23)20(25)22-10-8-17(21)9-11-22;/h4-7,14,17-18H,3,8-13,21H2,1-2H3;1H. The second-order valence-electron chi connectivity index (χ2n) is 7.43. The quantitative estimate of drug-likeness (QED) is 0.876. The number of likely N-dealkylation sites (tertiary alicyclic amines) is 1. The normalized spacial score (nSPS) is 21.6. The lowest BCUT2D eigenvalue weighted by Crippen LogP contribution is -2.56. The van der Waals surface area contributed by atoms with E-state index in [0.717, 1.165) is 24.8 Å². The third-order valence-corrected chi connectivity index (χ3v) is 5.70. The number of rotatable bonds is 3. The molecule has 0 aliphatic carbocycles. The average molecular weight is 380 g/mol. The van der Waals surface area contributed by atoms with Crippen molar-refractivity contribution < 1.29 is 9.59 Å². The molecule has 2 aliphatic rings. The Hall–Kier alpha value is -1.59. The third-order valence-electron chi connectivity index (χ3n) is 5.70. The Labute approximate surface area is 162 Å². The van der Waals surface area contributed by atoms with E-state index >= 15 is 0 Å². The molecule has 2 atom stereocenters. The number of carbonyl (C=O) groups excluding carboxylic acids is 2. The molecule has 2 N–H and O–H groups in total. The van der Waals surface area contributed by atoms with Crippen molar-refractivity contribution in [3.05, 3.63) is 35.4 Å². The summed E-state index contributed by atoms with van der Waals surface area (Å²) in [5.74, 6) is 0.109. The van der Waals surface area contributed by atoms with Crippen molar-refractivity contribution >= 4 is 24.2 Å². The first kappa shape index (κ1) is 20.7. The molecule has 6 heteroatoms. The summed E-state index contributed by atoms with van der Waals surface area (Å²) in [7, 11) is 0. The number of carbonyl (C=O) groups is 2. The highest BCUT2D eigenvalue weighted by Crippen LogP contribution is 2.27. The Morgan fingerprint density at radius 1 is 1.19 bits per heavy atom. The van der Waals surface area contributed by atoms with Crippen molar-refractivity contribution in [1.29, 1.82) is 0 Å². The fraction of sp³-hybridized carbons (Fsp3) is 0.600. The second kappa shape index (κ2) is 8.87. The van der Waals surface area contributed by atoms with Gasteiger partial charge in [0.15, 0.2) is 0 Å². The molecular formula is C20H30ClN3O2. The first-order valence-corrected chi connectivity index (χ1v) is 9.42. The van der Waals surface area contributed by atoms with Crippen molar-refractivity contribution in [3.63, 3.8) is 0 Å². The summed E-state index contributed by atoms with van der Waals surface area (Å²) in [6, 6.07) is 7.95. The van der Waals surface area contributed by atoms with Gasteiger partial charge in [0, 0.05) is 38.0 Å². The summed E-state index contributed by atoms with van der Waals surface area (Å²) in [5, 5.41) is 0. The molecule has 1 aromatic rings. The average Bonchev–Trinajstić information content (AvgIpc) is 2.65. The molecule has 26 heavy (non-hydrogen) atoms. The number of halogens is 1. The van der Waals surface area contributed by atoms with Crippen molar-refractivity contribution in [1.82, 2.24) is 9.80 Å². The van der Waals surface area contributed by atoms with Crippen LogP contribution in [0.5, 0.6) is 0 Å². The van der Waals surface area contributed by atoms with Crippen LogP contribution in [0.1, 0.15) is 44.2 Å². The molecule has 0 spiro atoms. The van der Waals surface area contributed by atoms with E-state index in [4.69, 9.17) is 5.73 Å². The molecule has 0 bridgehead atoms. The summed E-state index contributed by atoms with van der Waals surface area (Å²) in [6.07, 6.45) is 3.08. The zero-order chi connectivity index (χ0) is 18.0. The lowest BCUT2D eigenvalue weighted by molar-refractivity contribution is -0.149. The highest BCUT2D eigenvalue weighted by molar-refractivity contribution is 5.89. The third kappa shape index (κ3) is 4.21. The van der Waals surface area contributed by atoms with E-state index in [-0.39, 0.29) is 42.2 Å². The van der Waals surface area contributed by atoms with Gasteiger partial charge in [0.05, 0.1) is 0 Å². The van der Waals surface area contributed by atoms with E-state index in [1.807, 2.05) is 35.8 Å². The number of nitrogens with zero attached hydrogens (tertiary/aromatic N) is 2. The highest BCUT2D eigenvalue weighted by Gasteiger charge is 2.38. The van der Waals surface area contributed by atoms with Gasteiger partial charge in [0.25, 0.3) is 0 Å². The van der Waals surface area contributed by atoms with Crippen molar-refractivity contribution in [3.8, 4) is 0 Å². The Morgan fingerprint density at radius 3 is 2.42 bits per heavy atom. The monoisotopic (exact) mass is 379 g/mol. The smallest absolute Gasteiger partial charge is 0.245 e. The number of nitrogens with two attached hydrogens (primary N) is 1. The van der Waals surface area contributed by atoms with Crippen LogP contribution in [0.3, 0.4) is 0 Å². The highest BCUT2D eigenvalue weighted by atomic mass is 35.5. The van der Waals surface area contributed by atoms with Crippen LogP contribution in [0.15, 0.2) is 24.3 Å². The summed E-state index contributed by atoms with van der Waals surface area (Å²) in [5.41, 5.74) is 8.31. The van der Waals surface area contributed by atoms with Gasteiger partial charge in [-0.25, -0.2) is 0 Å². The van der Waals surface area contributed by atoms with Crippen LogP contribution >= 0.6 is 12.4 Å². The van der Waals surface area contributed by atoms with Gasteiger partial charge in [-0.2, -0.15) is 0 Å². The minimum atomic E-state index is -0.384. The predicted molar refractivity (Wildman–Crippen MR) is 105 cm³/mol. The Kier molecular flexibility index (Phi) is 7.07. The number of fused-ring (bicyclic) bond motifs is 1. The van der Waals surface area contributed by atoms with Gasteiger partial charge in [-0.3, -0.25) is 9.59 Å². The van der Waals surface area contributed by atoms with Gasteiger partial charge >= 0.3 is 0 Å². The SMILES string of the molecule is CCC(C)C(=O)N1Cc2ccccc2CC1C(=O)N1CCC(N)CC1.Cl. The molecule has 2 heterocycles. The zero-order valence-corrected chi connectivity index (χ0v) is 16.5. The van der Waals surface area contributed by atoms with Crippen LogP contribution < -0.4 is 5.73 Å². The second-order valence-corrected chi connectivity index (χ2v) is 7.43. The number of hydrogen-bond acceptors (Lipinski definition) is 3. The zero-order valence-electron chi connectivity index (χ0n) is 15.7. The molecule has 0 saturated carbocycles. The van der Waals surface area contributed by atoms with Crippen LogP contribution in [-0.2, 0) is 22.6 Å². The minimum absolute atomic E-state index is 0. The van der Waals surface area contributed by atoms with Crippen molar-refractivity contribution in [2.45, 2.75) is 58.2 Å². The van der Waals surface area contributed by atoms with Gasteiger partial charge < -0.3 is 15.5 Å².